The van der Waals surface area contributed by atoms with Crippen molar-refractivity contribution in [1.29, 1.82) is 0 Å². The summed E-state index contributed by atoms with van der Waals surface area (Å²) < 4.78 is 0. The van der Waals surface area contributed by atoms with Gasteiger partial charge in [0.05, 0.1) is 9.93 Å². The quantitative estimate of drug-likeness (QED) is 0.642. The van der Waals surface area contributed by atoms with Crippen LogP contribution >= 0.6 is 11.3 Å². The van der Waals surface area contributed by atoms with Crippen LogP contribution in [-0.4, -0.2) is 21.4 Å². The molecule has 2 heterocycles. The van der Waals surface area contributed by atoms with Gasteiger partial charge in [0, 0.05) is 30.1 Å². The van der Waals surface area contributed by atoms with Crippen molar-refractivity contribution in [3.05, 3.63) is 38.8 Å². The van der Waals surface area contributed by atoms with E-state index in [-0.39, 0.29) is 23.2 Å². The number of nitrogens with zero attached hydrogens (tertiary/aromatic N) is 3. The summed E-state index contributed by atoms with van der Waals surface area (Å²) in [5.41, 5.74) is 5.46. The summed E-state index contributed by atoms with van der Waals surface area (Å²) >= 11 is 1.55. The van der Waals surface area contributed by atoms with Gasteiger partial charge in [0.2, 0.25) is 5.82 Å². The number of rotatable bonds is 5. The first-order valence-corrected chi connectivity index (χ1v) is 6.50. The fourth-order valence-corrected chi connectivity index (χ4v) is 2.26. The lowest BCUT2D eigenvalue weighted by Gasteiger charge is -2.11. The minimum absolute atomic E-state index is 0.0828. The number of nitrogens with two attached hydrogens (primary N) is 1. The second-order valence-electron chi connectivity index (χ2n) is 4.01. The van der Waals surface area contributed by atoms with Crippen LogP contribution in [0.1, 0.15) is 17.8 Å². The Morgan fingerprint density at radius 2 is 2.37 bits per heavy atom. The average Bonchev–Trinajstić information content (AvgIpc) is 2.89. The Morgan fingerprint density at radius 1 is 1.58 bits per heavy atom. The van der Waals surface area contributed by atoms with Gasteiger partial charge in [-0.15, -0.1) is 11.3 Å². The fourth-order valence-electron chi connectivity index (χ4n) is 1.56. The van der Waals surface area contributed by atoms with Gasteiger partial charge in [-0.3, -0.25) is 10.1 Å². The zero-order chi connectivity index (χ0) is 13.8. The molecule has 0 aliphatic heterocycles. The Morgan fingerprint density at radius 3 is 3.00 bits per heavy atom. The molecule has 1 unspecified atom stereocenters. The largest absolute Gasteiger partial charge is 0.384 e. The number of pyridine rings is 1. The van der Waals surface area contributed by atoms with Crippen LogP contribution in [0, 0.1) is 10.1 Å². The van der Waals surface area contributed by atoms with Gasteiger partial charge in [-0.1, -0.05) is 6.92 Å². The standard InChI is InChI=1S/C11H13N5O2S/c1-7(11-13-4-5-19-11)6-14-10-8(16(17)18)2-3-9(12)15-10/h2-5,7H,6H2,1H3,(H3,12,14,15). The predicted octanol–water partition coefficient (Wildman–Crippen LogP) is 2.24. The highest BCUT2D eigenvalue weighted by Gasteiger charge is 2.16. The molecule has 0 saturated carbocycles. The van der Waals surface area contributed by atoms with Gasteiger partial charge in [0.15, 0.2) is 0 Å². The summed E-state index contributed by atoms with van der Waals surface area (Å²) in [6, 6.07) is 2.76. The molecule has 1 atom stereocenters. The van der Waals surface area contributed by atoms with Crippen molar-refractivity contribution < 1.29 is 4.92 Å². The summed E-state index contributed by atoms with van der Waals surface area (Å²) in [7, 11) is 0. The van der Waals surface area contributed by atoms with Gasteiger partial charge >= 0.3 is 5.69 Å². The Hall–Kier alpha value is -2.22. The lowest BCUT2D eigenvalue weighted by Crippen LogP contribution is -2.12. The van der Waals surface area contributed by atoms with Gasteiger partial charge in [-0.25, -0.2) is 9.97 Å². The van der Waals surface area contributed by atoms with Gasteiger partial charge in [0.25, 0.3) is 0 Å². The van der Waals surface area contributed by atoms with Crippen LogP contribution in [-0.2, 0) is 0 Å². The van der Waals surface area contributed by atoms with Gasteiger partial charge < -0.3 is 11.1 Å². The maximum Gasteiger partial charge on any atom is 0.311 e. The summed E-state index contributed by atoms with van der Waals surface area (Å²) in [5.74, 6) is 0.575. The van der Waals surface area contributed by atoms with Crippen LogP contribution in [0.5, 0.6) is 0 Å². The smallest absolute Gasteiger partial charge is 0.311 e. The monoisotopic (exact) mass is 279 g/mol. The zero-order valence-electron chi connectivity index (χ0n) is 10.2. The number of thiazole rings is 1. The van der Waals surface area contributed by atoms with E-state index >= 15 is 0 Å². The Kier molecular flexibility index (Phi) is 3.91. The molecule has 0 radical (unpaired) electrons. The third kappa shape index (κ3) is 3.16. The van der Waals surface area contributed by atoms with E-state index in [9.17, 15) is 10.1 Å². The second kappa shape index (κ2) is 5.61. The van der Waals surface area contributed by atoms with E-state index in [2.05, 4.69) is 15.3 Å². The maximum atomic E-state index is 10.9. The van der Waals surface area contributed by atoms with E-state index in [1.54, 1.807) is 17.5 Å². The summed E-state index contributed by atoms with van der Waals surface area (Å²) in [4.78, 5) is 18.6. The molecule has 7 nitrogen and oxygen atoms in total. The third-order valence-corrected chi connectivity index (χ3v) is 3.55. The third-order valence-electron chi connectivity index (χ3n) is 2.54. The highest BCUT2D eigenvalue weighted by atomic mass is 32.1. The van der Waals surface area contributed by atoms with Gasteiger partial charge in [-0.05, 0) is 6.07 Å². The summed E-state index contributed by atoms with van der Waals surface area (Å²) in [6.07, 6.45) is 1.73. The Balaban J connectivity index is 2.10. The average molecular weight is 279 g/mol. The highest BCUT2D eigenvalue weighted by molar-refractivity contribution is 7.09. The molecule has 0 aliphatic carbocycles. The van der Waals surface area contributed by atoms with Crippen molar-refractivity contribution in [2.75, 3.05) is 17.6 Å². The molecular formula is C11H13N5O2S. The Bertz CT molecular complexity index is 572. The fraction of sp³-hybridized carbons (Fsp3) is 0.273. The van der Waals surface area contributed by atoms with Crippen LogP contribution in [0.3, 0.4) is 0 Å². The SMILES string of the molecule is CC(CNc1nc(N)ccc1[N+](=O)[O-])c1nccs1. The van der Waals surface area contributed by atoms with E-state index in [0.29, 0.717) is 6.54 Å². The van der Waals surface area contributed by atoms with Crippen LogP contribution in [0.4, 0.5) is 17.3 Å². The van der Waals surface area contributed by atoms with Crippen molar-refractivity contribution in [2.24, 2.45) is 0 Å². The van der Waals surface area contributed by atoms with Gasteiger partial charge in [-0.2, -0.15) is 0 Å². The number of hydrogen-bond acceptors (Lipinski definition) is 7. The van der Waals surface area contributed by atoms with E-state index < -0.39 is 4.92 Å². The molecule has 2 rings (SSSR count). The van der Waals surface area contributed by atoms with Crippen molar-refractivity contribution >= 4 is 28.7 Å². The molecule has 2 aromatic heterocycles. The molecule has 0 bridgehead atoms. The molecule has 0 aliphatic rings. The predicted molar refractivity (Wildman–Crippen MR) is 74.3 cm³/mol. The van der Waals surface area contributed by atoms with Crippen LogP contribution in [0.15, 0.2) is 23.7 Å². The topological polar surface area (TPSA) is 107 Å². The summed E-state index contributed by atoms with van der Waals surface area (Å²) in [6.45, 7) is 2.49. The maximum absolute atomic E-state index is 10.9. The van der Waals surface area contributed by atoms with Crippen LogP contribution in [0.2, 0.25) is 0 Å². The van der Waals surface area contributed by atoms with Crippen molar-refractivity contribution in [3.63, 3.8) is 0 Å². The molecular weight excluding hydrogens is 266 g/mol. The normalized spacial score (nSPS) is 12.1. The van der Waals surface area contributed by atoms with E-state index in [1.807, 2.05) is 12.3 Å². The molecule has 100 valence electrons. The minimum atomic E-state index is -0.483. The molecule has 8 heteroatoms. The summed E-state index contributed by atoms with van der Waals surface area (Å²) in [5, 5.41) is 16.7. The molecule has 0 saturated heterocycles. The minimum Gasteiger partial charge on any atom is -0.384 e. The van der Waals surface area contributed by atoms with Crippen LogP contribution in [0.25, 0.3) is 0 Å². The Labute approximate surface area is 113 Å². The first-order valence-electron chi connectivity index (χ1n) is 5.62. The number of nitrogen functional groups attached to an aromatic ring is 1. The second-order valence-corrected chi connectivity index (χ2v) is 4.94. The molecule has 0 fully saturated rings. The van der Waals surface area contributed by atoms with Crippen molar-refractivity contribution in [3.8, 4) is 0 Å². The van der Waals surface area contributed by atoms with E-state index in [4.69, 9.17) is 5.73 Å². The molecule has 3 N–H and O–H groups in total. The first-order chi connectivity index (χ1) is 9.08. The molecule has 2 aromatic rings. The van der Waals surface area contributed by atoms with E-state index in [0.717, 1.165) is 5.01 Å². The number of nitrogens with one attached hydrogen (secondary N) is 1. The number of nitro groups is 1. The molecule has 0 aromatic carbocycles. The molecule has 0 spiro atoms. The van der Waals surface area contributed by atoms with Gasteiger partial charge in [0.1, 0.15) is 5.82 Å². The van der Waals surface area contributed by atoms with E-state index in [1.165, 1.54) is 12.1 Å². The molecule has 19 heavy (non-hydrogen) atoms. The van der Waals surface area contributed by atoms with Crippen molar-refractivity contribution in [1.82, 2.24) is 9.97 Å². The number of anilines is 2. The lowest BCUT2D eigenvalue weighted by atomic mass is 10.2. The highest BCUT2D eigenvalue weighted by Crippen LogP contribution is 2.24. The van der Waals surface area contributed by atoms with Crippen molar-refractivity contribution in [2.45, 2.75) is 12.8 Å². The number of hydrogen-bond donors (Lipinski definition) is 2. The zero-order valence-corrected chi connectivity index (χ0v) is 11.1. The lowest BCUT2D eigenvalue weighted by molar-refractivity contribution is -0.384. The van der Waals surface area contributed by atoms with Crippen LogP contribution < -0.4 is 11.1 Å². The number of aromatic nitrogens is 2. The first kappa shape index (κ1) is 13.2. The molecule has 0 amide bonds.